The fraction of sp³-hybridized carbons (Fsp3) is 0.200. The maximum atomic E-state index is 13.3. The van der Waals surface area contributed by atoms with Crippen LogP contribution in [0.25, 0.3) is 0 Å². The molecule has 0 aliphatic carbocycles. The number of nitrogens with one attached hydrogen (secondary N) is 2. The first kappa shape index (κ1) is 28.0. The normalized spacial score (nSPS) is 11.6. The summed E-state index contributed by atoms with van der Waals surface area (Å²) in [4.78, 5) is 25.5. The number of benzene rings is 3. The Morgan fingerprint density at radius 3 is 2.27 bits per heavy atom. The molecule has 7 nitrogen and oxygen atoms in total. The molecule has 196 valence electrons. The van der Waals surface area contributed by atoms with Crippen LogP contribution in [0.1, 0.15) is 21.5 Å². The molecule has 3 aromatic carbocycles. The van der Waals surface area contributed by atoms with Crippen LogP contribution in [0.3, 0.4) is 0 Å². The molecule has 0 spiro atoms. The lowest BCUT2D eigenvalue weighted by atomic mass is 10.1. The Morgan fingerprint density at radius 2 is 1.62 bits per heavy atom. The maximum Gasteiger partial charge on any atom is 0.417 e. The minimum Gasteiger partial charge on any atom is -0.352 e. The van der Waals surface area contributed by atoms with Crippen LogP contribution in [0.5, 0.6) is 0 Å². The lowest BCUT2D eigenvalue weighted by Crippen LogP contribution is -2.38. The number of alkyl halides is 3. The van der Waals surface area contributed by atoms with Gasteiger partial charge in [0.15, 0.2) is 0 Å². The molecule has 0 fully saturated rings. The molecule has 0 saturated heterocycles. The highest BCUT2D eigenvalue weighted by Gasteiger charge is 2.34. The van der Waals surface area contributed by atoms with Crippen molar-refractivity contribution in [3.63, 3.8) is 0 Å². The number of carbonyl (C=O) groups excluding carboxylic acids is 2. The number of sulfonamides is 1. The van der Waals surface area contributed by atoms with Crippen LogP contribution in [-0.4, -0.2) is 39.6 Å². The Kier molecular flexibility index (Phi) is 8.82. The van der Waals surface area contributed by atoms with Crippen molar-refractivity contribution in [1.29, 1.82) is 0 Å². The Labute approximate surface area is 217 Å². The van der Waals surface area contributed by atoms with Crippen LogP contribution in [0.15, 0.2) is 72.8 Å². The van der Waals surface area contributed by atoms with Crippen molar-refractivity contribution >= 4 is 44.8 Å². The molecule has 0 unspecified atom stereocenters. The number of anilines is 2. The van der Waals surface area contributed by atoms with Crippen molar-refractivity contribution < 1.29 is 31.2 Å². The summed E-state index contributed by atoms with van der Waals surface area (Å²) < 4.78 is 65.0. The zero-order valence-corrected chi connectivity index (χ0v) is 21.1. The molecule has 2 N–H and O–H groups in total. The van der Waals surface area contributed by atoms with Crippen LogP contribution >= 0.6 is 11.6 Å². The van der Waals surface area contributed by atoms with Gasteiger partial charge in [-0.1, -0.05) is 54.1 Å². The number of carbonyl (C=O) groups is 2. The van der Waals surface area contributed by atoms with Gasteiger partial charge >= 0.3 is 6.18 Å². The van der Waals surface area contributed by atoms with Crippen LogP contribution in [0.4, 0.5) is 24.5 Å². The third-order valence-electron chi connectivity index (χ3n) is 5.22. The summed E-state index contributed by atoms with van der Waals surface area (Å²) in [5.41, 5.74) is -0.341. The van der Waals surface area contributed by atoms with Crippen molar-refractivity contribution in [3.05, 3.63) is 94.5 Å². The van der Waals surface area contributed by atoms with Gasteiger partial charge in [-0.3, -0.25) is 13.9 Å². The van der Waals surface area contributed by atoms with E-state index in [0.717, 1.165) is 24.0 Å². The molecule has 3 rings (SSSR count). The molecule has 0 aliphatic heterocycles. The molecule has 0 atom stereocenters. The highest BCUT2D eigenvalue weighted by Crippen LogP contribution is 2.37. The van der Waals surface area contributed by atoms with E-state index in [1.165, 1.54) is 12.1 Å². The van der Waals surface area contributed by atoms with Gasteiger partial charge < -0.3 is 10.6 Å². The highest BCUT2D eigenvalue weighted by molar-refractivity contribution is 7.92. The third-order valence-corrected chi connectivity index (χ3v) is 6.69. The third kappa shape index (κ3) is 7.70. The van der Waals surface area contributed by atoms with E-state index in [0.29, 0.717) is 23.3 Å². The van der Waals surface area contributed by atoms with E-state index in [4.69, 9.17) is 11.6 Å². The molecule has 0 saturated carbocycles. The summed E-state index contributed by atoms with van der Waals surface area (Å²) >= 11 is 5.63. The summed E-state index contributed by atoms with van der Waals surface area (Å²) in [7, 11) is -4.16. The van der Waals surface area contributed by atoms with Gasteiger partial charge in [0.05, 0.1) is 33.8 Å². The monoisotopic (exact) mass is 553 g/mol. The van der Waals surface area contributed by atoms with Crippen molar-refractivity contribution in [2.45, 2.75) is 12.6 Å². The van der Waals surface area contributed by atoms with E-state index in [-0.39, 0.29) is 16.9 Å². The molecule has 0 aromatic heterocycles. The topological polar surface area (TPSA) is 95.6 Å². The smallest absolute Gasteiger partial charge is 0.352 e. The summed E-state index contributed by atoms with van der Waals surface area (Å²) in [6.07, 6.45) is -3.48. The number of nitrogens with zero attached hydrogens (tertiary/aromatic N) is 1. The molecule has 0 aliphatic rings. The Balaban J connectivity index is 1.75. The molecule has 37 heavy (non-hydrogen) atoms. The molecule has 0 bridgehead atoms. The van der Waals surface area contributed by atoms with Crippen LogP contribution in [0, 0.1) is 0 Å². The van der Waals surface area contributed by atoms with E-state index >= 15 is 0 Å². The van der Waals surface area contributed by atoms with Gasteiger partial charge in [-0.2, -0.15) is 13.2 Å². The molecule has 12 heteroatoms. The molecule has 2 amide bonds. The molecule has 0 radical (unpaired) electrons. The lowest BCUT2D eigenvalue weighted by Gasteiger charge is -2.23. The first-order valence-electron chi connectivity index (χ1n) is 10.9. The van der Waals surface area contributed by atoms with E-state index in [1.807, 2.05) is 30.3 Å². The van der Waals surface area contributed by atoms with Crippen molar-refractivity contribution in [2.24, 2.45) is 0 Å². The average Bonchev–Trinajstić information content (AvgIpc) is 2.82. The second-order valence-corrected chi connectivity index (χ2v) is 10.3. The number of amides is 2. The minimum absolute atomic E-state index is 0.116. The fourth-order valence-corrected chi connectivity index (χ4v) is 4.53. The zero-order chi connectivity index (χ0) is 27.2. The van der Waals surface area contributed by atoms with Gasteiger partial charge in [0, 0.05) is 6.54 Å². The molecular formula is C25H23ClF3N3O4S. The number of rotatable bonds is 9. The van der Waals surface area contributed by atoms with E-state index in [1.54, 1.807) is 12.1 Å². The van der Waals surface area contributed by atoms with Crippen LogP contribution in [0.2, 0.25) is 5.02 Å². The zero-order valence-electron chi connectivity index (χ0n) is 19.5. The number of hydrogen-bond acceptors (Lipinski definition) is 4. The van der Waals surface area contributed by atoms with E-state index in [2.05, 4.69) is 10.6 Å². The minimum atomic E-state index is -4.83. The molecule has 0 heterocycles. The van der Waals surface area contributed by atoms with Gasteiger partial charge in [0.25, 0.3) is 5.91 Å². The Hall–Kier alpha value is -3.57. The lowest BCUT2D eigenvalue weighted by molar-refractivity contribution is -0.137. The molecular weight excluding hydrogens is 531 g/mol. The average molecular weight is 554 g/mol. The van der Waals surface area contributed by atoms with Gasteiger partial charge in [-0.15, -0.1) is 0 Å². The van der Waals surface area contributed by atoms with Gasteiger partial charge in [-0.25, -0.2) is 8.42 Å². The van der Waals surface area contributed by atoms with Crippen LogP contribution in [-0.2, 0) is 27.4 Å². The van der Waals surface area contributed by atoms with E-state index < -0.39 is 45.1 Å². The van der Waals surface area contributed by atoms with Crippen molar-refractivity contribution in [2.75, 3.05) is 29.0 Å². The van der Waals surface area contributed by atoms with Gasteiger partial charge in [0.2, 0.25) is 15.9 Å². The summed E-state index contributed by atoms with van der Waals surface area (Å²) in [6.45, 7) is -0.493. The summed E-state index contributed by atoms with van der Waals surface area (Å²) in [5.74, 6) is -1.32. The van der Waals surface area contributed by atoms with Crippen molar-refractivity contribution in [1.82, 2.24) is 5.32 Å². The second kappa shape index (κ2) is 11.7. The Bertz CT molecular complexity index is 1380. The fourth-order valence-electron chi connectivity index (χ4n) is 3.46. The van der Waals surface area contributed by atoms with Crippen LogP contribution < -0.4 is 14.9 Å². The van der Waals surface area contributed by atoms with E-state index in [9.17, 15) is 31.2 Å². The largest absolute Gasteiger partial charge is 0.417 e. The second-order valence-electron chi connectivity index (χ2n) is 8.02. The number of halogens is 4. The summed E-state index contributed by atoms with van der Waals surface area (Å²) in [5, 5.41) is 4.63. The van der Waals surface area contributed by atoms with Crippen molar-refractivity contribution in [3.8, 4) is 0 Å². The summed E-state index contributed by atoms with van der Waals surface area (Å²) in [6, 6.07) is 18.1. The predicted molar refractivity (Wildman–Crippen MR) is 136 cm³/mol. The number of hydrogen-bond donors (Lipinski definition) is 2. The number of para-hydroxylation sites is 1. The maximum absolute atomic E-state index is 13.3. The first-order chi connectivity index (χ1) is 17.4. The quantitative estimate of drug-likeness (QED) is 0.400. The first-order valence-corrected chi connectivity index (χ1v) is 13.1. The predicted octanol–water partition coefficient (Wildman–Crippen LogP) is 4.74. The van der Waals surface area contributed by atoms with Gasteiger partial charge in [0.1, 0.15) is 6.54 Å². The molecule has 3 aromatic rings. The highest BCUT2D eigenvalue weighted by atomic mass is 35.5. The van der Waals surface area contributed by atoms with Gasteiger partial charge in [-0.05, 0) is 42.3 Å². The Morgan fingerprint density at radius 1 is 0.973 bits per heavy atom. The standard InChI is InChI=1S/C25H23ClF3N3O4S/c1-37(35,36)32(18-11-12-21(26)20(15-18)25(27,28)29)16-23(33)31-22-10-6-5-9-19(22)24(34)30-14-13-17-7-3-2-4-8-17/h2-12,15H,13-14,16H2,1H3,(H,30,34)(H,31,33). The SMILES string of the molecule is CS(=O)(=O)N(CC(=O)Nc1ccccc1C(=O)NCCc1ccccc1)c1ccc(Cl)c(C(F)(F)F)c1.